The summed E-state index contributed by atoms with van der Waals surface area (Å²) < 4.78 is 5.67. The summed E-state index contributed by atoms with van der Waals surface area (Å²) in [6.45, 7) is 10.3. The molecule has 0 aromatic heterocycles. The van der Waals surface area contributed by atoms with Crippen LogP contribution in [0.4, 0.5) is 5.69 Å². The summed E-state index contributed by atoms with van der Waals surface area (Å²) in [5, 5.41) is 6.14. The number of ether oxygens (including phenoxy) is 1. The third kappa shape index (κ3) is 4.88. The highest BCUT2D eigenvalue weighted by Gasteiger charge is 2.53. The molecular formula is C27H39N5O4. The maximum atomic E-state index is 13.7. The molecule has 1 aromatic carbocycles. The molecule has 196 valence electrons. The van der Waals surface area contributed by atoms with E-state index in [-0.39, 0.29) is 36.4 Å². The number of likely N-dealkylation sites (N-methyl/N-ethyl adjacent to an activating group) is 1. The monoisotopic (exact) mass is 497 g/mol. The standard InChI is InChI=1S/C27H39N5O4/c1-27(2,3)24(26(35)32-15-20(28-4)23-22(32)21(33)16-36-23)29-25(34)17-5-7-18(8-6-17)30-11-13-31(14-12-30)19-9-10-19/h5-8,19-20,22-24,28H,9-16H2,1-4H3,(H,29,34)/t20-,22+,23+,24?/m0/s1. The van der Waals surface area contributed by atoms with Gasteiger partial charge in [0.25, 0.3) is 5.91 Å². The number of carbonyl (C=O) groups is 3. The van der Waals surface area contributed by atoms with Crippen molar-refractivity contribution in [3.63, 3.8) is 0 Å². The number of Topliss-reactive ketones (excluding diaryl/α,β-unsaturated/α-hetero) is 1. The van der Waals surface area contributed by atoms with Crippen LogP contribution in [0.5, 0.6) is 0 Å². The quantitative estimate of drug-likeness (QED) is 0.603. The van der Waals surface area contributed by atoms with Crippen LogP contribution >= 0.6 is 0 Å². The van der Waals surface area contributed by atoms with E-state index in [1.54, 1.807) is 4.90 Å². The van der Waals surface area contributed by atoms with Gasteiger partial charge in [-0.25, -0.2) is 0 Å². The topological polar surface area (TPSA) is 94.2 Å². The van der Waals surface area contributed by atoms with Crippen LogP contribution in [0, 0.1) is 5.41 Å². The van der Waals surface area contributed by atoms with E-state index in [2.05, 4.69) is 20.4 Å². The molecule has 1 aliphatic carbocycles. The van der Waals surface area contributed by atoms with Gasteiger partial charge in [0.05, 0.1) is 6.04 Å². The number of nitrogens with one attached hydrogen (secondary N) is 2. The normalized spacial score (nSPS) is 27.8. The van der Waals surface area contributed by atoms with Crippen LogP contribution in [0.1, 0.15) is 44.0 Å². The van der Waals surface area contributed by atoms with E-state index in [9.17, 15) is 14.4 Å². The molecule has 3 heterocycles. The Kier molecular flexibility index (Phi) is 6.82. The predicted octanol–water partition coefficient (Wildman–Crippen LogP) is 0.882. The summed E-state index contributed by atoms with van der Waals surface area (Å²) in [6, 6.07) is 6.96. The summed E-state index contributed by atoms with van der Waals surface area (Å²) in [7, 11) is 1.81. The van der Waals surface area contributed by atoms with Gasteiger partial charge in [0.15, 0.2) is 5.78 Å². The molecule has 9 nitrogen and oxygen atoms in total. The van der Waals surface area contributed by atoms with Gasteiger partial charge in [0.1, 0.15) is 24.8 Å². The number of likely N-dealkylation sites (tertiary alicyclic amines) is 1. The number of benzene rings is 1. The van der Waals surface area contributed by atoms with Gasteiger partial charge >= 0.3 is 0 Å². The van der Waals surface area contributed by atoms with Gasteiger partial charge in [0.2, 0.25) is 5.91 Å². The second kappa shape index (κ2) is 9.76. The number of hydrogen-bond donors (Lipinski definition) is 2. The summed E-state index contributed by atoms with van der Waals surface area (Å²) in [5.41, 5.74) is 1.10. The first-order valence-electron chi connectivity index (χ1n) is 13.2. The smallest absolute Gasteiger partial charge is 0.251 e. The lowest BCUT2D eigenvalue weighted by Crippen LogP contribution is -2.57. The minimum absolute atomic E-state index is 0.0197. The summed E-state index contributed by atoms with van der Waals surface area (Å²) in [4.78, 5) is 46.0. The molecule has 0 radical (unpaired) electrons. The highest BCUT2D eigenvalue weighted by molar-refractivity contribution is 5.99. The molecule has 0 bridgehead atoms. The van der Waals surface area contributed by atoms with Crippen molar-refractivity contribution in [2.75, 3.05) is 51.3 Å². The lowest BCUT2D eigenvalue weighted by Gasteiger charge is -2.36. The maximum Gasteiger partial charge on any atom is 0.251 e. The highest BCUT2D eigenvalue weighted by Crippen LogP contribution is 2.31. The SMILES string of the molecule is CN[C@H]1CN(C(=O)C(NC(=O)c2ccc(N3CCN(C4CC4)CC3)cc2)C(C)(C)C)[C@@H]2C(=O)CO[C@H]12. The lowest BCUT2D eigenvalue weighted by molar-refractivity contribution is -0.140. The van der Waals surface area contributed by atoms with Crippen molar-refractivity contribution in [1.82, 2.24) is 20.4 Å². The van der Waals surface area contributed by atoms with Crippen molar-refractivity contribution in [1.29, 1.82) is 0 Å². The van der Waals surface area contributed by atoms with Gasteiger partial charge < -0.3 is 25.2 Å². The number of rotatable bonds is 6. The van der Waals surface area contributed by atoms with E-state index in [1.807, 2.05) is 52.1 Å². The minimum atomic E-state index is -0.773. The Morgan fingerprint density at radius 3 is 2.31 bits per heavy atom. The molecule has 2 amide bonds. The number of amides is 2. The molecule has 3 aliphatic heterocycles. The Labute approximate surface area is 213 Å². The van der Waals surface area contributed by atoms with Gasteiger partial charge in [-0.15, -0.1) is 0 Å². The highest BCUT2D eigenvalue weighted by atomic mass is 16.5. The number of fused-ring (bicyclic) bond motifs is 1. The minimum Gasteiger partial charge on any atom is -0.369 e. The van der Waals surface area contributed by atoms with E-state index in [0.717, 1.165) is 37.9 Å². The zero-order valence-corrected chi connectivity index (χ0v) is 21.8. The van der Waals surface area contributed by atoms with Crippen LogP contribution in [0.15, 0.2) is 24.3 Å². The molecule has 0 spiro atoms. The maximum absolute atomic E-state index is 13.7. The number of piperazine rings is 1. The Bertz CT molecular complexity index is 994. The fraction of sp³-hybridized carbons (Fsp3) is 0.667. The molecule has 36 heavy (non-hydrogen) atoms. The fourth-order valence-corrected chi connectivity index (χ4v) is 5.77. The molecule has 3 saturated heterocycles. The van der Waals surface area contributed by atoms with Crippen LogP contribution in [-0.2, 0) is 14.3 Å². The third-order valence-electron chi connectivity index (χ3n) is 8.10. The number of ketones is 1. The van der Waals surface area contributed by atoms with Crippen molar-refractivity contribution in [2.45, 2.75) is 63.9 Å². The first kappa shape index (κ1) is 25.2. The van der Waals surface area contributed by atoms with Crippen molar-refractivity contribution in [3.05, 3.63) is 29.8 Å². The van der Waals surface area contributed by atoms with Gasteiger partial charge in [-0.3, -0.25) is 19.3 Å². The van der Waals surface area contributed by atoms with Crippen molar-refractivity contribution in [2.24, 2.45) is 5.41 Å². The van der Waals surface area contributed by atoms with Gasteiger partial charge in [-0.2, -0.15) is 0 Å². The Morgan fingerprint density at radius 2 is 1.72 bits per heavy atom. The summed E-state index contributed by atoms with van der Waals surface area (Å²) in [5.74, 6) is -0.616. The number of hydrogen-bond acceptors (Lipinski definition) is 7. The van der Waals surface area contributed by atoms with E-state index in [4.69, 9.17) is 4.74 Å². The molecule has 4 aliphatic rings. The summed E-state index contributed by atoms with van der Waals surface area (Å²) >= 11 is 0. The third-order valence-corrected chi connectivity index (χ3v) is 8.10. The van der Waals surface area contributed by atoms with E-state index in [0.29, 0.717) is 12.1 Å². The second-order valence-electron chi connectivity index (χ2n) is 11.6. The average molecular weight is 498 g/mol. The van der Waals surface area contributed by atoms with Crippen LogP contribution in [0.2, 0.25) is 0 Å². The average Bonchev–Trinajstić information content (AvgIpc) is 3.55. The predicted molar refractivity (Wildman–Crippen MR) is 137 cm³/mol. The Morgan fingerprint density at radius 1 is 1.06 bits per heavy atom. The molecule has 1 unspecified atom stereocenters. The second-order valence-corrected chi connectivity index (χ2v) is 11.6. The molecule has 1 saturated carbocycles. The first-order valence-corrected chi connectivity index (χ1v) is 13.2. The first-order chi connectivity index (χ1) is 17.2. The molecule has 4 atom stereocenters. The molecule has 9 heteroatoms. The van der Waals surface area contributed by atoms with Crippen molar-refractivity contribution >= 4 is 23.3 Å². The zero-order valence-electron chi connectivity index (χ0n) is 21.8. The van der Waals surface area contributed by atoms with Crippen LogP contribution in [0.25, 0.3) is 0 Å². The zero-order chi connectivity index (χ0) is 25.6. The van der Waals surface area contributed by atoms with E-state index >= 15 is 0 Å². The fourth-order valence-electron chi connectivity index (χ4n) is 5.77. The number of anilines is 1. The van der Waals surface area contributed by atoms with Crippen molar-refractivity contribution in [3.8, 4) is 0 Å². The van der Waals surface area contributed by atoms with Crippen LogP contribution in [-0.4, -0.2) is 104 Å². The molecule has 5 rings (SSSR count). The molecule has 2 N–H and O–H groups in total. The lowest BCUT2D eigenvalue weighted by atomic mass is 9.85. The number of carbonyl (C=O) groups excluding carboxylic acids is 3. The van der Waals surface area contributed by atoms with E-state index < -0.39 is 17.5 Å². The molecular weight excluding hydrogens is 458 g/mol. The van der Waals surface area contributed by atoms with Gasteiger partial charge in [0, 0.05) is 50.0 Å². The van der Waals surface area contributed by atoms with E-state index in [1.165, 1.54) is 12.8 Å². The van der Waals surface area contributed by atoms with Gasteiger partial charge in [-0.05, 0) is 49.6 Å². The van der Waals surface area contributed by atoms with Crippen molar-refractivity contribution < 1.29 is 19.1 Å². The Hall–Kier alpha value is -2.49. The van der Waals surface area contributed by atoms with Crippen LogP contribution in [0.3, 0.4) is 0 Å². The molecule has 4 fully saturated rings. The summed E-state index contributed by atoms with van der Waals surface area (Å²) in [6.07, 6.45) is 2.32. The number of nitrogens with zero attached hydrogens (tertiary/aromatic N) is 3. The largest absolute Gasteiger partial charge is 0.369 e. The molecule has 1 aromatic rings. The Balaban J connectivity index is 1.25. The van der Waals surface area contributed by atoms with Gasteiger partial charge in [-0.1, -0.05) is 20.8 Å². The van der Waals surface area contributed by atoms with Crippen LogP contribution < -0.4 is 15.5 Å².